The van der Waals surface area contributed by atoms with Crippen molar-refractivity contribution in [3.8, 4) is 11.3 Å². The minimum absolute atomic E-state index is 0.0534. The molecule has 11 heteroatoms. The molecule has 0 radical (unpaired) electrons. The van der Waals surface area contributed by atoms with Gasteiger partial charge in [0.1, 0.15) is 15.5 Å². The minimum Gasteiger partial charge on any atom is -0.353 e. The summed E-state index contributed by atoms with van der Waals surface area (Å²) in [5.41, 5.74) is 7.03. The second kappa shape index (κ2) is 10.7. The molecule has 4 aromatic rings. The number of hydrogen-bond donors (Lipinski definition) is 2. The zero-order valence-corrected chi connectivity index (χ0v) is 26.5. The Hall–Kier alpha value is -2.76. The fourth-order valence-electron chi connectivity index (χ4n) is 6.60. The Labute approximate surface area is 248 Å². The van der Waals surface area contributed by atoms with E-state index in [0.29, 0.717) is 25.0 Å². The van der Waals surface area contributed by atoms with Gasteiger partial charge in [-0.25, -0.2) is 21.8 Å². The second-order valence-corrected chi connectivity index (χ2v) is 17.5. The number of nitrogens with one attached hydrogen (secondary N) is 2. The van der Waals surface area contributed by atoms with Crippen LogP contribution in [-0.2, 0) is 26.2 Å². The van der Waals surface area contributed by atoms with Gasteiger partial charge in [-0.1, -0.05) is 13.8 Å². The molecule has 0 bridgehead atoms. The molecule has 4 heterocycles. The van der Waals surface area contributed by atoms with Crippen LogP contribution in [0.25, 0.3) is 33.3 Å². The molecule has 226 valence electrons. The van der Waals surface area contributed by atoms with E-state index < -0.39 is 24.4 Å². The molecule has 9 nitrogen and oxygen atoms in total. The lowest BCUT2D eigenvalue weighted by molar-refractivity contribution is 0.338. The van der Waals surface area contributed by atoms with Crippen molar-refractivity contribution in [1.82, 2.24) is 24.8 Å². The molecule has 6 rings (SSSR count). The van der Waals surface area contributed by atoms with Crippen LogP contribution in [0.3, 0.4) is 0 Å². The van der Waals surface area contributed by atoms with Gasteiger partial charge in [0.2, 0.25) is 0 Å². The third-order valence-corrected chi connectivity index (χ3v) is 12.4. The predicted molar refractivity (Wildman–Crippen MR) is 168 cm³/mol. The minimum atomic E-state index is -3.12. The summed E-state index contributed by atoms with van der Waals surface area (Å²) in [4.78, 5) is 13.5. The molecule has 0 atom stereocenters. The molecular weight excluding hydrogens is 571 g/mol. The molecule has 4 aromatic heterocycles. The van der Waals surface area contributed by atoms with Crippen molar-refractivity contribution in [2.45, 2.75) is 81.5 Å². The second-order valence-electron chi connectivity index (χ2n) is 12.8. The smallest absolute Gasteiger partial charge is 0.154 e. The first kappa shape index (κ1) is 29.3. The normalized spacial score (nSPS) is 21.0. The number of H-pyrrole nitrogens is 1. The van der Waals surface area contributed by atoms with E-state index in [1.165, 1.54) is 12.5 Å². The highest BCUT2D eigenvalue weighted by atomic mass is 32.2. The highest BCUT2D eigenvalue weighted by Gasteiger charge is 2.51. The predicted octanol–water partition coefficient (Wildman–Crippen LogP) is 4.94. The molecule has 0 unspecified atom stereocenters. The molecule has 2 fully saturated rings. The first-order chi connectivity index (χ1) is 19.9. The van der Waals surface area contributed by atoms with E-state index >= 15 is 0 Å². The van der Waals surface area contributed by atoms with Crippen LogP contribution in [0.5, 0.6) is 0 Å². The average molecular weight is 612 g/mol. The largest absolute Gasteiger partial charge is 0.353 e. The van der Waals surface area contributed by atoms with Crippen LogP contribution >= 0.6 is 0 Å². The lowest BCUT2D eigenvalue weighted by atomic mass is 9.83. The summed E-state index contributed by atoms with van der Waals surface area (Å²) in [5.74, 6) is 0.641. The van der Waals surface area contributed by atoms with Crippen LogP contribution in [0, 0.1) is 0 Å². The lowest BCUT2D eigenvalue weighted by Gasteiger charge is -2.30. The molecular formula is C31H41N5O4S2. The molecule has 0 spiro atoms. The van der Waals surface area contributed by atoms with Gasteiger partial charge in [0.25, 0.3) is 0 Å². The number of pyridine rings is 2. The van der Waals surface area contributed by atoms with Gasteiger partial charge in [0.05, 0.1) is 27.2 Å². The fraction of sp³-hybridized carbons (Fsp3) is 0.548. The van der Waals surface area contributed by atoms with Gasteiger partial charge in [-0.3, -0.25) is 4.98 Å². The van der Waals surface area contributed by atoms with Crippen LogP contribution in [0.15, 0.2) is 36.7 Å². The van der Waals surface area contributed by atoms with Crippen molar-refractivity contribution in [3.05, 3.63) is 47.9 Å². The van der Waals surface area contributed by atoms with Gasteiger partial charge in [-0.05, 0) is 68.7 Å². The first-order valence-electron chi connectivity index (χ1n) is 14.9. The number of aryl methyl sites for hydroxylation is 1. The monoisotopic (exact) mass is 611 g/mol. The fourth-order valence-corrected chi connectivity index (χ4v) is 8.32. The Morgan fingerprint density at radius 1 is 1.07 bits per heavy atom. The van der Waals surface area contributed by atoms with E-state index in [2.05, 4.69) is 41.3 Å². The molecule has 2 saturated carbocycles. The number of hydrogen-bond acceptors (Lipinski definition) is 7. The van der Waals surface area contributed by atoms with Gasteiger partial charge in [0, 0.05) is 72.2 Å². The van der Waals surface area contributed by atoms with Crippen molar-refractivity contribution in [3.63, 3.8) is 0 Å². The van der Waals surface area contributed by atoms with Gasteiger partial charge >= 0.3 is 0 Å². The molecule has 0 saturated heterocycles. The van der Waals surface area contributed by atoms with E-state index in [-0.39, 0.29) is 11.7 Å². The Kier molecular flexibility index (Phi) is 7.50. The van der Waals surface area contributed by atoms with Crippen molar-refractivity contribution < 1.29 is 16.8 Å². The number of fused-ring (bicyclic) bond motifs is 2. The maximum Gasteiger partial charge on any atom is 0.154 e. The third kappa shape index (κ3) is 5.63. The lowest BCUT2D eigenvalue weighted by Crippen LogP contribution is -2.41. The van der Waals surface area contributed by atoms with Crippen LogP contribution in [0.2, 0.25) is 0 Å². The van der Waals surface area contributed by atoms with Crippen molar-refractivity contribution in [1.29, 1.82) is 0 Å². The van der Waals surface area contributed by atoms with E-state index in [0.717, 1.165) is 83.1 Å². The maximum absolute atomic E-state index is 12.2. The van der Waals surface area contributed by atoms with Crippen LogP contribution in [0.1, 0.15) is 75.5 Å². The highest BCUT2D eigenvalue weighted by Crippen LogP contribution is 2.43. The Balaban J connectivity index is 1.26. The van der Waals surface area contributed by atoms with E-state index in [4.69, 9.17) is 4.98 Å². The number of aromatic nitrogens is 4. The third-order valence-electron chi connectivity index (χ3n) is 9.34. The van der Waals surface area contributed by atoms with E-state index in [1.807, 2.05) is 22.9 Å². The molecule has 2 N–H and O–H groups in total. The molecule has 0 aromatic carbocycles. The molecule has 2 aliphatic carbocycles. The van der Waals surface area contributed by atoms with Crippen LogP contribution in [-0.4, -0.2) is 72.0 Å². The molecule has 2 aliphatic rings. The highest BCUT2D eigenvalue weighted by molar-refractivity contribution is 7.92. The van der Waals surface area contributed by atoms with Gasteiger partial charge in [-0.2, -0.15) is 0 Å². The molecule has 0 amide bonds. The van der Waals surface area contributed by atoms with Crippen molar-refractivity contribution >= 4 is 41.7 Å². The number of rotatable bonds is 10. The average Bonchev–Trinajstić information content (AvgIpc) is 3.53. The maximum atomic E-state index is 12.2. The summed E-state index contributed by atoms with van der Waals surface area (Å²) < 4.78 is 49.5. The Morgan fingerprint density at radius 2 is 1.81 bits per heavy atom. The van der Waals surface area contributed by atoms with E-state index in [1.54, 1.807) is 6.20 Å². The van der Waals surface area contributed by atoms with Crippen LogP contribution < -0.4 is 5.32 Å². The Bertz CT molecular complexity index is 1840. The Morgan fingerprint density at radius 3 is 2.45 bits per heavy atom. The summed E-state index contributed by atoms with van der Waals surface area (Å²) in [6, 6.07) is 8.59. The summed E-state index contributed by atoms with van der Waals surface area (Å²) >= 11 is 0. The summed E-state index contributed by atoms with van der Waals surface area (Å²) in [7, 11) is -6.14. The topological polar surface area (TPSA) is 127 Å². The zero-order valence-electron chi connectivity index (χ0n) is 24.9. The van der Waals surface area contributed by atoms with Crippen LogP contribution in [0.4, 0.5) is 0 Å². The summed E-state index contributed by atoms with van der Waals surface area (Å²) in [6.07, 6.45) is 12.0. The standard InChI is InChI=1S/C31H41N5O4S2/c1-20(2)27-28(24-18-36(16-17-41(3,37)38)30-23(24)6-5-15-32-30)35-26-12-11-25(34-29(26)27)21-7-9-22(10-8-21)33-19-31(13-14-31)42(4,39)40/h5-6,11-12,15,18,20-22,33,35H,7-10,13-14,16-17,19H2,1-4H3. The molecule has 0 aliphatic heterocycles. The van der Waals surface area contributed by atoms with Gasteiger partial charge in [0.15, 0.2) is 9.84 Å². The molecule has 42 heavy (non-hydrogen) atoms. The van der Waals surface area contributed by atoms with Gasteiger partial charge < -0.3 is 14.9 Å². The van der Waals surface area contributed by atoms with E-state index in [9.17, 15) is 16.8 Å². The van der Waals surface area contributed by atoms with Gasteiger partial charge in [-0.15, -0.1) is 0 Å². The number of sulfone groups is 2. The number of aromatic amines is 1. The van der Waals surface area contributed by atoms with Crippen molar-refractivity contribution in [2.75, 3.05) is 24.8 Å². The van der Waals surface area contributed by atoms with Crippen molar-refractivity contribution in [2.24, 2.45) is 0 Å². The SMILES string of the molecule is CC(C)c1c(-c2cn(CCS(C)(=O)=O)c3ncccc23)[nH]c2ccc(C3CCC(NCC4(S(C)(=O)=O)CC4)CC3)nc12. The summed E-state index contributed by atoms with van der Waals surface area (Å²) in [6.45, 7) is 5.28. The quantitative estimate of drug-likeness (QED) is 0.260. The first-order valence-corrected chi connectivity index (χ1v) is 18.9. The zero-order chi connectivity index (χ0) is 29.9. The summed E-state index contributed by atoms with van der Waals surface area (Å²) in [5, 5.41) is 4.55. The number of nitrogens with zero attached hydrogens (tertiary/aromatic N) is 3.